The summed E-state index contributed by atoms with van der Waals surface area (Å²) in [6.45, 7) is 0. The molecule has 10 heteroatoms. The third-order valence-electron chi connectivity index (χ3n) is 4.29. The number of carboxylic acids is 4. The van der Waals surface area contributed by atoms with Gasteiger partial charge in [-0.1, -0.05) is 0 Å². The second kappa shape index (κ2) is 7.80. The summed E-state index contributed by atoms with van der Waals surface area (Å²) >= 11 is 0. The van der Waals surface area contributed by atoms with Crippen molar-refractivity contribution in [1.82, 2.24) is 9.97 Å². The summed E-state index contributed by atoms with van der Waals surface area (Å²) < 4.78 is 0. The molecule has 0 aliphatic rings. The zero-order valence-electron chi connectivity index (χ0n) is 14.9. The van der Waals surface area contributed by atoms with Crippen LogP contribution in [0.5, 0.6) is 0 Å². The van der Waals surface area contributed by atoms with Crippen LogP contribution in [-0.2, 0) is 0 Å². The molecule has 0 spiro atoms. The zero-order valence-corrected chi connectivity index (χ0v) is 14.9. The Balaban J connectivity index is 2.71. The molecule has 3 rings (SSSR count). The standard InChI is InChI=1S/C20H12N2O8/c23-17(24)13-11(9-1-5-21-6-2-9)14(18(25)26)16(20(29)30)12(15(13)19(27)28)10-3-7-22-8-4-10/h1-8H,(H,23,24)(H,25,26)(H,27,28)(H,29,30). The summed E-state index contributed by atoms with van der Waals surface area (Å²) in [7, 11) is 0. The number of aromatic nitrogens is 2. The van der Waals surface area contributed by atoms with Gasteiger partial charge >= 0.3 is 23.9 Å². The van der Waals surface area contributed by atoms with E-state index in [-0.39, 0.29) is 11.1 Å². The van der Waals surface area contributed by atoms with Crippen LogP contribution in [0.15, 0.2) is 49.1 Å². The predicted octanol–water partition coefficient (Wildman–Crippen LogP) is 2.60. The van der Waals surface area contributed by atoms with Crippen LogP contribution in [0.25, 0.3) is 22.3 Å². The largest absolute Gasteiger partial charge is 0.478 e. The van der Waals surface area contributed by atoms with E-state index in [4.69, 9.17) is 0 Å². The Kier molecular flexibility index (Phi) is 5.23. The fourth-order valence-electron chi connectivity index (χ4n) is 3.22. The van der Waals surface area contributed by atoms with Crippen molar-refractivity contribution in [2.45, 2.75) is 0 Å². The summed E-state index contributed by atoms with van der Waals surface area (Å²) in [6, 6.07) is 5.05. The van der Waals surface area contributed by atoms with E-state index in [0.717, 1.165) is 0 Å². The summed E-state index contributed by atoms with van der Waals surface area (Å²) in [5.74, 6) is -6.91. The Morgan fingerprint density at radius 1 is 0.500 bits per heavy atom. The van der Waals surface area contributed by atoms with Gasteiger partial charge in [0.15, 0.2) is 0 Å². The molecule has 0 atom stereocenters. The Bertz CT molecular complexity index is 1040. The minimum atomic E-state index is -1.73. The van der Waals surface area contributed by atoms with E-state index in [1.54, 1.807) is 0 Å². The maximum atomic E-state index is 12.1. The Morgan fingerprint density at radius 2 is 0.733 bits per heavy atom. The first-order valence-corrected chi connectivity index (χ1v) is 8.23. The number of rotatable bonds is 6. The number of aromatic carboxylic acids is 4. The molecule has 4 N–H and O–H groups in total. The molecule has 10 nitrogen and oxygen atoms in total. The fourth-order valence-corrected chi connectivity index (χ4v) is 3.22. The highest BCUT2D eigenvalue weighted by molar-refractivity contribution is 6.21. The molecule has 0 aliphatic heterocycles. The normalized spacial score (nSPS) is 10.4. The van der Waals surface area contributed by atoms with Crippen molar-refractivity contribution in [3.8, 4) is 22.3 Å². The van der Waals surface area contributed by atoms with Crippen molar-refractivity contribution in [2.75, 3.05) is 0 Å². The first-order chi connectivity index (χ1) is 14.3. The van der Waals surface area contributed by atoms with Crippen LogP contribution in [0.2, 0.25) is 0 Å². The van der Waals surface area contributed by atoms with E-state index >= 15 is 0 Å². The number of carbonyl (C=O) groups is 4. The molecule has 150 valence electrons. The van der Waals surface area contributed by atoms with Crippen molar-refractivity contribution < 1.29 is 39.6 Å². The molecular weight excluding hydrogens is 396 g/mol. The number of pyridine rings is 2. The van der Waals surface area contributed by atoms with Gasteiger partial charge in [-0.3, -0.25) is 9.97 Å². The summed E-state index contributed by atoms with van der Waals surface area (Å²) in [5.41, 5.74) is -4.47. The molecule has 2 aromatic heterocycles. The van der Waals surface area contributed by atoms with Crippen LogP contribution in [-0.4, -0.2) is 54.3 Å². The smallest absolute Gasteiger partial charge is 0.337 e. The molecule has 0 aliphatic carbocycles. The monoisotopic (exact) mass is 408 g/mol. The van der Waals surface area contributed by atoms with Crippen molar-refractivity contribution in [2.24, 2.45) is 0 Å². The average Bonchev–Trinajstić information content (AvgIpc) is 2.72. The van der Waals surface area contributed by atoms with Gasteiger partial charge in [0.25, 0.3) is 0 Å². The SMILES string of the molecule is O=C(O)c1c(C(=O)O)c(-c2ccncc2)c(C(=O)O)c(C(=O)O)c1-c1ccncc1. The number of benzene rings is 1. The van der Waals surface area contributed by atoms with Crippen molar-refractivity contribution in [3.63, 3.8) is 0 Å². The first-order valence-electron chi connectivity index (χ1n) is 8.23. The number of hydrogen-bond donors (Lipinski definition) is 4. The van der Waals surface area contributed by atoms with Crippen LogP contribution >= 0.6 is 0 Å². The first kappa shape index (κ1) is 20.1. The Morgan fingerprint density at radius 3 is 0.933 bits per heavy atom. The minimum absolute atomic E-state index is 0.00826. The topological polar surface area (TPSA) is 175 Å². The number of nitrogens with zero attached hydrogens (tertiary/aromatic N) is 2. The predicted molar refractivity (Wildman–Crippen MR) is 101 cm³/mol. The molecule has 0 radical (unpaired) electrons. The molecule has 0 bridgehead atoms. The second-order valence-electron chi connectivity index (χ2n) is 5.94. The molecule has 0 amide bonds. The fraction of sp³-hybridized carbons (Fsp3) is 0. The molecule has 30 heavy (non-hydrogen) atoms. The number of hydrogen-bond acceptors (Lipinski definition) is 6. The lowest BCUT2D eigenvalue weighted by Crippen LogP contribution is -2.21. The van der Waals surface area contributed by atoms with E-state index < -0.39 is 57.3 Å². The van der Waals surface area contributed by atoms with Gasteiger partial charge in [-0.05, 0) is 35.4 Å². The molecule has 2 heterocycles. The Hall–Kier alpha value is -4.60. The second-order valence-corrected chi connectivity index (χ2v) is 5.94. The lowest BCUT2D eigenvalue weighted by atomic mass is 9.81. The zero-order chi connectivity index (χ0) is 22.0. The summed E-state index contributed by atoms with van der Waals surface area (Å²) in [4.78, 5) is 56.0. The van der Waals surface area contributed by atoms with Gasteiger partial charge in [0.1, 0.15) is 0 Å². The molecule has 0 saturated carbocycles. The minimum Gasteiger partial charge on any atom is -0.478 e. The van der Waals surface area contributed by atoms with Crippen LogP contribution in [0.1, 0.15) is 41.4 Å². The lowest BCUT2D eigenvalue weighted by molar-refractivity contribution is 0.0639. The van der Waals surface area contributed by atoms with Gasteiger partial charge in [-0.15, -0.1) is 0 Å². The van der Waals surface area contributed by atoms with Gasteiger partial charge in [-0.25, -0.2) is 19.2 Å². The highest BCUT2D eigenvalue weighted by Crippen LogP contribution is 2.40. The summed E-state index contributed by atoms with van der Waals surface area (Å²) in [6.07, 6.45) is 4.96. The maximum Gasteiger partial charge on any atom is 0.337 e. The Labute approximate surface area is 167 Å². The van der Waals surface area contributed by atoms with E-state index in [1.165, 1.54) is 49.1 Å². The highest BCUT2D eigenvalue weighted by Gasteiger charge is 2.36. The van der Waals surface area contributed by atoms with Crippen LogP contribution in [0.4, 0.5) is 0 Å². The van der Waals surface area contributed by atoms with Gasteiger partial charge in [-0.2, -0.15) is 0 Å². The molecule has 3 aromatic rings. The van der Waals surface area contributed by atoms with Gasteiger partial charge in [0, 0.05) is 35.9 Å². The van der Waals surface area contributed by atoms with E-state index in [9.17, 15) is 39.6 Å². The van der Waals surface area contributed by atoms with Crippen molar-refractivity contribution in [1.29, 1.82) is 0 Å². The van der Waals surface area contributed by atoms with Crippen LogP contribution in [0.3, 0.4) is 0 Å². The summed E-state index contributed by atoms with van der Waals surface area (Å²) in [5, 5.41) is 39.3. The molecule has 0 saturated heterocycles. The quantitative estimate of drug-likeness (QED) is 0.474. The third kappa shape index (κ3) is 3.33. The van der Waals surface area contributed by atoms with Crippen LogP contribution in [0, 0.1) is 0 Å². The molecule has 0 unspecified atom stereocenters. The van der Waals surface area contributed by atoms with Gasteiger partial charge in [0.2, 0.25) is 0 Å². The maximum absolute atomic E-state index is 12.1. The van der Waals surface area contributed by atoms with Crippen LogP contribution < -0.4 is 0 Å². The van der Waals surface area contributed by atoms with Crippen molar-refractivity contribution in [3.05, 3.63) is 71.3 Å². The highest BCUT2D eigenvalue weighted by atomic mass is 16.4. The van der Waals surface area contributed by atoms with E-state index in [1.807, 2.05) is 0 Å². The van der Waals surface area contributed by atoms with E-state index in [2.05, 4.69) is 9.97 Å². The van der Waals surface area contributed by atoms with Gasteiger partial charge in [0.05, 0.1) is 22.3 Å². The number of carboxylic acid groups (broad SMARTS) is 4. The van der Waals surface area contributed by atoms with Gasteiger partial charge < -0.3 is 20.4 Å². The molecule has 0 fully saturated rings. The van der Waals surface area contributed by atoms with Crippen molar-refractivity contribution >= 4 is 23.9 Å². The molecular formula is C20H12N2O8. The average molecular weight is 408 g/mol. The van der Waals surface area contributed by atoms with E-state index in [0.29, 0.717) is 0 Å². The lowest BCUT2D eigenvalue weighted by Gasteiger charge is -2.20. The third-order valence-corrected chi connectivity index (χ3v) is 4.29. The molecule has 1 aromatic carbocycles.